The lowest BCUT2D eigenvalue weighted by Crippen LogP contribution is -2.19. The topological polar surface area (TPSA) is 29.3 Å². The average Bonchev–Trinajstić information content (AvgIpc) is 2.40. The van der Waals surface area contributed by atoms with Crippen molar-refractivity contribution >= 4 is 5.69 Å². The van der Waals surface area contributed by atoms with Gasteiger partial charge in [0.15, 0.2) is 0 Å². The SMILES string of the molecule is Cc1cccc(CN(C)c2ccc(CC(C)N)c(C)c2)c1. The van der Waals surface area contributed by atoms with Gasteiger partial charge in [-0.2, -0.15) is 0 Å². The summed E-state index contributed by atoms with van der Waals surface area (Å²) in [5.41, 5.74) is 12.5. The summed E-state index contributed by atoms with van der Waals surface area (Å²) in [7, 11) is 2.14. The molecule has 0 heterocycles. The second-order valence-electron chi connectivity index (χ2n) is 6.14. The fourth-order valence-corrected chi connectivity index (χ4v) is 2.67. The van der Waals surface area contributed by atoms with Crippen LogP contribution in [0.25, 0.3) is 0 Å². The highest BCUT2D eigenvalue weighted by Crippen LogP contribution is 2.21. The summed E-state index contributed by atoms with van der Waals surface area (Å²) in [6.45, 7) is 7.28. The van der Waals surface area contributed by atoms with Crippen LogP contribution in [0.5, 0.6) is 0 Å². The number of aryl methyl sites for hydroxylation is 2. The molecule has 2 rings (SSSR count). The molecule has 0 aromatic heterocycles. The van der Waals surface area contributed by atoms with E-state index in [1.165, 1.54) is 27.9 Å². The van der Waals surface area contributed by atoms with Crippen LogP contribution in [-0.2, 0) is 13.0 Å². The Morgan fingerprint density at radius 1 is 1.10 bits per heavy atom. The number of rotatable bonds is 5. The summed E-state index contributed by atoms with van der Waals surface area (Å²) >= 11 is 0. The Kier molecular flexibility index (Phi) is 5.03. The Hall–Kier alpha value is -1.80. The Morgan fingerprint density at radius 2 is 1.86 bits per heavy atom. The summed E-state index contributed by atoms with van der Waals surface area (Å²) < 4.78 is 0. The summed E-state index contributed by atoms with van der Waals surface area (Å²) in [5, 5.41) is 0. The molecule has 0 aliphatic heterocycles. The predicted octanol–water partition coefficient (Wildman–Crippen LogP) is 3.83. The molecule has 112 valence electrons. The first-order valence-electron chi connectivity index (χ1n) is 7.57. The second-order valence-corrected chi connectivity index (χ2v) is 6.14. The van der Waals surface area contributed by atoms with Crippen LogP contribution in [-0.4, -0.2) is 13.1 Å². The lowest BCUT2D eigenvalue weighted by Gasteiger charge is -2.21. The third-order valence-corrected chi connectivity index (χ3v) is 3.81. The molecule has 0 spiro atoms. The zero-order chi connectivity index (χ0) is 15.4. The lowest BCUT2D eigenvalue weighted by molar-refractivity contribution is 0.734. The van der Waals surface area contributed by atoms with Crippen LogP contribution in [0, 0.1) is 13.8 Å². The number of anilines is 1. The van der Waals surface area contributed by atoms with Gasteiger partial charge in [0.1, 0.15) is 0 Å². The minimum atomic E-state index is 0.208. The molecule has 1 unspecified atom stereocenters. The molecule has 2 heteroatoms. The molecular formula is C19H26N2. The number of hydrogen-bond donors (Lipinski definition) is 1. The van der Waals surface area contributed by atoms with Crippen molar-refractivity contribution in [2.24, 2.45) is 5.73 Å². The van der Waals surface area contributed by atoms with E-state index in [1.807, 2.05) is 0 Å². The van der Waals surface area contributed by atoms with Gasteiger partial charge in [-0.3, -0.25) is 0 Å². The van der Waals surface area contributed by atoms with Gasteiger partial charge in [-0.1, -0.05) is 35.9 Å². The fraction of sp³-hybridized carbons (Fsp3) is 0.368. The van der Waals surface area contributed by atoms with Crippen molar-refractivity contribution < 1.29 is 0 Å². The molecule has 21 heavy (non-hydrogen) atoms. The van der Waals surface area contributed by atoms with Crippen molar-refractivity contribution in [2.45, 2.75) is 39.8 Å². The Labute approximate surface area is 128 Å². The number of nitrogens with two attached hydrogens (primary N) is 1. The first-order chi connectivity index (χ1) is 9.95. The molecule has 0 aliphatic rings. The zero-order valence-corrected chi connectivity index (χ0v) is 13.6. The fourth-order valence-electron chi connectivity index (χ4n) is 2.67. The van der Waals surface area contributed by atoms with Gasteiger partial charge in [0, 0.05) is 25.3 Å². The smallest absolute Gasteiger partial charge is 0.0426 e. The van der Waals surface area contributed by atoms with Crippen LogP contribution >= 0.6 is 0 Å². The average molecular weight is 282 g/mol. The van der Waals surface area contributed by atoms with Gasteiger partial charge < -0.3 is 10.6 Å². The number of hydrogen-bond acceptors (Lipinski definition) is 2. The van der Waals surface area contributed by atoms with Crippen molar-refractivity contribution in [1.29, 1.82) is 0 Å². The molecular weight excluding hydrogens is 256 g/mol. The van der Waals surface area contributed by atoms with Crippen LogP contribution in [0.1, 0.15) is 29.2 Å². The molecule has 0 fully saturated rings. The van der Waals surface area contributed by atoms with Crippen molar-refractivity contribution in [3.63, 3.8) is 0 Å². The first kappa shape index (κ1) is 15.6. The second kappa shape index (κ2) is 6.77. The van der Waals surface area contributed by atoms with Gasteiger partial charge in [-0.15, -0.1) is 0 Å². The molecule has 2 N–H and O–H groups in total. The first-order valence-corrected chi connectivity index (χ1v) is 7.57. The summed E-state index contributed by atoms with van der Waals surface area (Å²) in [4.78, 5) is 2.29. The molecule has 1 atom stereocenters. The molecule has 0 aliphatic carbocycles. The molecule has 0 radical (unpaired) electrons. The monoisotopic (exact) mass is 282 g/mol. The lowest BCUT2D eigenvalue weighted by atomic mass is 10.0. The zero-order valence-electron chi connectivity index (χ0n) is 13.6. The van der Waals surface area contributed by atoms with E-state index in [-0.39, 0.29) is 6.04 Å². The van der Waals surface area contributed by atoms with E-state index in [9.17, 15) is 0 Å². The van der Waals surface area contributed by atoms with E-state index < -0.39 is 0 Å². The quantitative estimate of drug-likeness (QED) is 0.903. The van der Waals surface area contributed by atoms with Crippen molar-refractivity contribution in [3.8, 4) is 0 Å². The van der Waals surface area contributed by atoms with E-state index in [0.29, 0.717) is 0 Å². The minimum Gasteiger partial charge on any atom is -0.370 e. The third-order valence-electron chi connectivity index (χ3n) is 3.81. The van der Waals surface area contributed by atoms with Crippen LogP contribution < -0.4 is 10.6 Å². The predicted molar refractivity (Wildman–Crippen MR) is 91.8 cm³/mol. The van der Waals surface area contributed by atoms with Gasteiger partial charge in [-0.25, -0.2) is 0 Å². The van der Waals surface area contributed by atoms with Crippen molar-refractivity contribution in [1.82, 2.24) is 0 Å². The molecule has 2 aromatic rings. The van der Waals surface area contributed by atoms with Gasteiger partial charge in [-0.05, 0) is 56.0 Å². The summed E-state index contributed by atoms with van der Waals surface area (Å²) in [5.74, 6) is 0. The number of nitrogens with zero attached hydrogens (tertiary/aromatic N) is 1. The number of benzene rings is 2. The largest absolute Gasteiger partial charge is 0.370 e. The van der Waals surface area contributed by atoms with Crippen LogP contribution in [0.15, 0.2) is 42.5 Å². The molecule has 0 saturated carbocycles. The molecule has 0 bridgehead atoms. The van der Waals surface area contributed by atoms with E-state index in [2.05, 4.69) is 75.2 Å². The van der Waals surface area contributed by atoms with Crippen molar-refractivity contribution in [3.05, 3.63) is 64.7 Å². The maximum absolute atomic E-state index is 5.90. The highest BCUT2D eigenvalue weighted by Gasteiger charge is 2.06. The normalized spacial score (nSPS) is 12.2. The van der Waals surface area contributed by atoms with Gasteiger partial charge in [0.2, 0.25) is 0 Å². The van der Waals surface area contributed by atoms with Gasteiger partial charge in [0.25, 0.3) is 0 Å². The molecule has 2 aromatic carbocycles. The Balaban J connectivity index is 2.12. The van der Waals surface area contributed by atoms with E-state index in [0.717, 1.165) is 13.0 Å². The van der Waals surface area contributed by atoms with Gasteiger partial charge >= 0.3 is 0 Å². The Bertz CT molecular complexity index is 602. The van der Waals surface area contributed by atoms with Crippen molar-refractivity contribution in [2.75, 3.05) is 11.9 Å². The van der Waals surface area contributed by atoms with Crippen LogP contribution in [0.4, 0.5) is 5.69 Å². The van der Waals surface area contributed by atoms with E-state index >= 15 is 0 Å². The molecule has 2 nitrogen and oxygen atoms in total. The minimum absolute atomic E-state index is 0.208. The molecule has 0 amide bonds. The third kappa shape index (κ3) is 4.33. The van der Waals surface area contributed by atoms with Gasteiger partial charge in [0.05, 0.1) is 0 Å². The van der Waals surface area contributed by atoms with Crippen LogP contribution in [0.2, 0.25) is 0 Å². The van der Waals surface area contributed by atoms with Crippen LogP contribution in [0.3, 0.4) is 0 Å². The summed E-state index contributed by atoms with van der Waals surface area (Å²) in [6.07, 6.45) is 0.938. The highest BCUT2D eigenvalue weighted by atomic mass is 15.1. The van der Waals surface area contributed by atoms with E-state index in [4.69, 9.17) is 5.73 Å². The Morgan fingerprint density at radius 3 is 2.48 bits per heavy atom. The summed E-state index contributed by atoms with van der Waals surface area (Å²) in [6, 6.07) is 15.6. The maximum atomic E-state index is 5.90. The molecule has 0 saturated heterocycles. The standard InChI is InChI=1S/C19H26N2/c1-14-6-5-7-17(10-14)13-21(4)19-9-8-18(12-16(3)20)15(2)11-19/h5-11,16H,12-13,20H2,1-4H3. The van der Waals surface area contributed by atoms with E-state index in [1.54, 1.807) is 0 Å². The highest BCUT2D eigenvalue weighted by molar-refractivity contribution is 5.51. The maximum Gasteiger partial charge on any atom is 0.0426 e.